The van der Waals surface area contributed by atoms with Crippen molar-refractivity contribution in [2.75, 3.05) is 6.54 Å². The van der Waals surface area contributed by atoms with Gasteiger partial charge in [-0.15, -0.1) is 0 Å². The Labute approximate surface area is 169 Å². The third-order valence-electron chi connectivity index (χ3n) is 4.20. The first-order valence-electron chi connectivity index (χ1n) is 8.63. The Bertz CT molecular complexity index is 1160. The molecule has 1 aromatic heterocycles. The van der Waals surface area contributed by atoms with Crippen molar-refractivity contribution in [2.45, 2.75) is 17.5 Å². The van der Waals surface area contributed by atoms with E-state index in [2.05, 4.69) is 9.71 Å². The largest absolute Gasteiger partial charge is 0.416 e. The van der Waals surface area contributed by atoms with E-state index >= 15 is 0 Å². The smallest absolute Gasteiger partial charge is 0.228 e. The van der Waals surface area contributed by atoms with Crippen molar-refractivity contribution in [3.8, 4) is 11.1 Å². The number of halogens is 5. The van der Waals surface area contributed by atoms with Gasteiger partial charge < -0.3 is 0 Å². The van der Waals surface area contributed by atoms with Gasteiger partial charge in [0.25, 0.3) is 0 Å². The molecule has 0 aliphatic rings. The van der Waals surface area contributed by atoms with Crippen LogP contribution in [0, 0.1) is 11.8 Å². The van der Waals surface area contributed by atoms with Crippen LogP contribution in [0.25, 0.3) is 11.1 Å². The van der Waals surface area contributed by atoms with Crippen LogP contribution in [0.3, 0.4) is 0 Å². The van der Waals surface area contributed by atoms with Gasteiger partial charge in [0, 0.05) is 18.8 Å². The Hall–Kier alpha value is -2.85. The first-order chi connectivity index (χ1) is 14.0. The molecule has 4 nitrogen and oxygen atoms in total. The third-order valence-corrected chi connectivity index (χ3v) is 5.64. The zero-order valence-corrected chi connectivity index (χ0v) is 16.1. The molecule has 0 radical (unpaired) electrons. The molecular weight excluding hydrogens is 427 g/mol. The van der Waals surface area contributed by atoms with Gasteiger partial charge in [-0.2, -0.15) is 17.6 Å². The second-order valence-corrected chi connectivity index (χ2v) is 8.16. The van der Waals surface area contributed by atoms with Crippen LogP contribution in [0.2, 0.25) is 0 Å². The van der Waals surface area contributed by atoms with Crippen molar-refractivity contribution in [1.29, 1.82) is 0 Å². The highest BCUT2D eigenvalue weighted by molar-refractivity contribution is 7.89. The summed E-state index contributed by atoms with van der Waals surface area (Å²) in [4.78, 5) is 2.72. The van der Waals surface area contributed by atoms with Crippen LogP contribution < -0.4 is 4.72 Å². The van der Waals surface area contributed by atoms with Gasteiger partial charge in [0.05, 0.1) is 10.5 Å². The van der Waals surface area contributed by atoms with Crippen LogP contribution in [-0.4, -0.2) is 19.9 Å². The van der Waals surface area contributed by atoms with E-state index in [1.54, 1.807) is 6.07 Å². The summed E-state index contributed by atoms with van der Waals surface area (Å²) in [6.07, 6.45) is -3.61. The Morgan fingerprint density at radius 1 is 0.933 bits per heavy atom. The summed E-state index contributed by atoms with van der Waals surface area (Å²) < 4.78 is 93.9. The van der Waals surface area contributed by atoms with Gasteiger partial charge in [0.15, 0.2) is 0 Å². The lowest BCUT2D eigenvalue weighted by molar-refractivity contribution is -0.137. The first kappa shape index (κ1) is 21.8. The van der Waals surface area contributed by atoms with Crippen molar-refractivity contribution >= 4 is 10.0 Å². The van der Waals surface area contributed by atoms with Crippen LogP contribution in [-0.2, 0) is 22.6 Å². The van der Waals surface area contributed by atoms with Gasteiger partial charge in [-0.25, -0.2) is 22.5 Å². The average Bonchev–Trinajstić information content (AvgIpc) is 2.67. The van der Waals surface area contributed by atoms with E-state index in [9.17, 15) is 30.4 Å². The fourth-order valence-corrected chi connectivity index (χ4v) is 3.87. The lowest BCUT2D eigenvalue weighted by Gasteiger charge is -2.13. The highest BCUT2D eigenvalue weighted by Crippen LogP contribution is 2.34. The quantitative estimate of drug-likeness (QED) is 0.450. The second kappa shape index (κ2) is 8.49. The summed E-state index contributed by atoms with van der Waals surface area (Å²) in [5, 5.41) is 0. The van der Waals surface area contributed by atoms with E-state index in [0.29, 0.717) is 11.6 Å². The van der Waals surface area contributed by atoms with Gasteiger partial charge in [0.1, 0.15) is 5.82 Å². The summed E-state index contributed by atoms with van der Waals surface area (Å²) >= 11 is 0. The molecule has 1 heterocycles. The summed E-state index contributed by atoms with van der Waals surface area (Å²) in [6.45, 7) is -0.152. The van der Waals surface area contributed by atoms with Crippen molar-refractivity contribution in [3.05, 3.63) is 83.7 Å². The Morgan fingerprint density at radius 3 is 2.37 bits per heavy atom. The highest BCUT2D eigenvalue weighted by Gasteiger charge is 2.32. The third kappa shape index (κ3) is 5.39. The molecule has 3 rings (SSSR count). The number of sulfonamides is 1. The maximum atomic E-state index is 13.4. The molecule has 0 fully saturated rings. The zero-order chi connectivity index (χ0) is 21.9. The molecule has 0 saturated carbocycles. The number of aromatic nitrogens is 1. The van der Waals surface area contributed by atoms with E-state index < -0.39 is 38.4 Å². The van der Waals surface area contributed by atoms with Crippen LogP contribution in [0.4, 0.5) is 22.0 Å². The molecule has 10 heteroatoms. The number of hydrogen-bond acceptors (Lipinski definition) is 3. The molecule has 0 atom stereocenters. The topological polar surface area (TPSA) is 59.1 Å². The molecule has 0 bridgehead atoms. The van der Waals surface area contributed by atoms with E-state index in [0.717, 1.165) is 24.4 Å². The minimum absolute atomic E-state index is 0.0461. The van der Waals surface area contributed by atoms with Crippen LogP contribution in [0.15, 0.2) is 65.7 Å². The number of alkyl halides is 3. The minimum atomic E-state index is -4.81. The molecule has 0 amide bonds. The fraction of sp³-hybridized carbons (Fsp3) is 0.150. The number of rotatable bonds is 6. The summed E-state index contributed by atoms with van der Waals surface area (Å²) in [5.41, 5.74) is -0.751. The normalized spacial score (nSPS) is 12.2. The van der Waals surface area contributed by atoms with E-state index in [4.69, 9.17) is 0 Å². The standard InChI is InChI=1S/C20H15F5N2O2S/c21-17-3-1-2-13(8-17)4-7-27-30(28,29)18-10-15(9-16(12-18)20(23,24)25)14-5-6-26-19(22)11-14/h1-3,5-6,8-12,27H,4,7H2. The number of hydrogen-bond donors (Lipinski definition) is 1. The first-order valence-corrected chi connectivity index (χ1v) is 10.1. The van der Waals surface area contributed by atoms with Gasteiger partial charge in [-0.1, -0.05) is 12.1 Å². The average molecular weight is 442 g/mol. The number of nitrogens with zero attached hydrogens (tertiary/aromatic N) is 1. The number of pyridine rings is 1. The zero-order valence-electron chi connectivity index (χ0n) is 15.2. The van der Waals surface area contributed by atoms with Crippen LogP contribution in [0.1, 0.15) is 11.1 Å². The molecule has 158 valence electrons. The summed E-state index contributed by atoms with van der Waals surface area (Å²) in [7, 11) is -4.32. The number of benzene rings is 2. The summed E-state index contributed by atoms with van der Waals surface area (Å²) in [6, 6.07) is 9.97. The molecule has 3 aromatic rings. The van der Waals surface area contributed by atoms with Crippen LogP contribution in [0.5, 0.6) is 0 Å². The van der Waals surface area contributed by atoms with Crippen molar-refractivity contribution in [1.82, 2.24) is 9.71 Å². The van der Waals surface area contributed by atoms with E-state index in [1.165, 1.54) is 24.3 Å². The van der Waals surface area contributed by atoms with Gasteiger partial charge >= 0.3 is 6.18 Å². The lowest BCUT2D eigenvalue weighted by Crippen LogP contribution is -2.26. The predicted molar refractivity (Wildman–Crippen MR) is 99.9 cm³/mol. The molecular formula is C20H15F5N2O2S. The summed E-state index contributed by atoms with van der Waals surface area (Å²) in [5.74, 6) is -1.40. The molecule has 0 aliphatic heterocycles. The lowest BCUT2D eigenvalue weighted by atomic mass is 10.0. The molecule has 0 aliphatic carbocycles. The van der Waals surface area contributed by atoms with Gasteiger partial charge in [-0.05, 0) is 59.5 Å². The Balaban J connectivity index is 1.91. The molecule has 0 spiro atoms. The SMILES string of the molecule is O=S(=O)(NCCc1cccc(F)c1)c1cc(-c2ccnc(F)c2)cc(C(F)(F)F)c1. The molecule has 2 aromatic carbocycles. The van der Waals surface area contributed by atoms with Crippen LogP contribution >= 0.6 is 0 Å². The second-order valence-electron chi connectivity index (χ2n) is 6.39. The predicted octanol–water partition coefficient (Wildman–Crippen LogP) is 4.57. The molecule has 1 N–H and O–H groups in total. The Morgan fingerprint density at radius 2 is 1.70 bits per heavy atom. The minimum Gasteiger partial charge on any atom is -0.228 e. The van der Waals surface area contributed by atoms with E-state index in [1.807, 2.05) is 0 Å². The molecule has 0 saturated heterocycles. The van der Waals surface area contributed by atoms with Crippen molar-refractivity contribution in [2.24, 2.45) is 0 Å². The fourth-order valence-electron chi connectivity index (χ4n) is 2.77. The monoisotopic (exact) mass is 442 g/mol. The highest BCUT2D eigenvalue weighted by atomic mass is 32.2. The maximum Gasteiger partial charge on any atom is 0.416 e. The Kier molecular flexibility index (Phi) is 6.18. The van der Waals surface area contributed by atoms with Crippen molar-refractivity contribution in [3.63, 3.8) is 0 Å². The molecule has 30 heavy (non-hydrogen) atoms. The van der Waals surface area contributed by atoms with Gasteiger partial charge in [-0.3, -0.25) is 0 Å². The van der Waals surface area contributed by atoms with E-state index in [-0.39, 0.29) is 24.1 Å². The maximum absolute atomic E-state index is 13.4. The number of nitrogens with one attached hydrogen (secondary N) is 1. The van der Waals surface area contributed by atoms with Crippen molar-refractivity contribution < 1.29 is 30.4 Å². The van der Waals surface area contributed by atoms with Gasteiger partial charge in [0.2, 0.25) is 16.0 Å². The molecule has 0 unspecified atom stereocenters.